The number of hydrogen-bond donors (Lipinski definition) is 4. The van der Waals surface area contributed by atoms with E-state index in [0.717, 1.165) is 50.1 Å². The van der Waals surface area contributed by atoms with Gasteiger partial charge in [0, 0.05) is 34.7 Å². The summed E-state index contributed by atoms with van der Waals surface area (Å²) in [6.45, 7) is 6.62. The summed E-state index contributed by atoms with van der Waals surface area (Å²) in [6, 6.07) is 3.93. The number of rotatable bonds is 2. The second-order valence-corrected chi connectivity index (χ2v) is 15.8. The second kappa shape index (κ2) is 11.6. The highest BCUT2D eigenvalue weighted by Crippen LogP contribution is 2.63. The van der Waals surface area contributed by atoms with Crippen LogP contribution in [0.1, 0.15) is 67.4 Å². The third kappa shape index (κ3) is 4.32. The zero-order valence-corrected chi connectivity index (χ0v) is 30.3. The standard InChI is InChI=1S/C38H43N3O9S/c1-16-9-20-10-22-36(44)41-23-13-48-37(45)38(21-12-25(46-5)24(42)11-19(21)7-8-39-38)14-51-35(26-17(2)18(3)33-34(28(23)26)50-15-49-33)30(41)29(40(22)4)27(20)31(43)32(16)47-6/h9,11-12,22-23,29-30,35-36,39,42-44H,7-8,10,13-15H2,1-6H3/t22-,23?,29?,30?,35?,36?,38+/m0/s1. The molecule has 1 spiro atoms. The van der Waals surface area contributed by atoms with Crippen LogP contribution in [0, 0.1) is 20.8 Å². The molecule has 13 heteroatoms. The number of phenolic OH excluding ortho intramolecular Hbond substituents is 2. The van der Waals surface area contributed by atoms with Crippen LogP contribution in [0.3, 0.4) is 0 Å². The number of carbonyl (C=O) groups is 1. The molecule has 4 bridgehead atoms. The number of phenols is 2. The number of carbonyl (C=O) groups excluding carboxylic acids is 1. The summed E-state index contributed by atoms with van der Waals surface area (Å²) in [4.78, 5) is 18.9. The third-order valence-electron chi connectivity index (χ3n) is 12.4. The highest BCUT2D eigenvalue weighted by molar-refractivity contribution is 7.99. The Morgan fingerprint density at radius 2 is 1.76 bits per heavy atom. The molecule has 7 aliphatic heterocycles. The van der Waals surface area contributed by atoms with E-state index in [9.17, 15) is 20.1 Å². The SMILES string of the molecule is COc1cc2c(cc1O)CCN[C@]21CSC2c3c(C)c(C)c4c(c3C(COC1=O)N1C2C2c3c(cc(C)c(OC)c3O)C[C@@H](C1O)N2C)OCO4. The van der Waals surface area contributed by atoms with Gasteiger partial charge in [-0.25, -0.2) is 4.79 Å². The summed E-state index contributed by atoms with van der Waals surface area (Å²) in [7, 11) is 5.10. The Morgan fingerprint density at radius 1 is 0.980 bits per heavy atom. The fourth-order valence-electron chi connectivity index (χ4n) is 9.95. The number of likely N-dealkylation sites (N-methyl/N-ethyl adjacent to an activating group) is 1. The number of nitrogens with one attached hydrogen (secondary N) is 1. The lowest BCUT2D eigenvalue weighted by molar-refractivity contribution is -0.186. The van der Waals surface area contributed by atoms with E-state index < -0.39 is 23.8 Å². The van der Waals surface area contributed by atoms with Gasteiger partial charge in [-0.05, 0) is 91.7 Å². The zero-order chi connectivity index (χ0) is 35.7. The first-order valence-electron chi connectivity index (χ1n) is 17.5. The quantitative estimate of drug-likeness (QED) is 0.286. The van der Waals surface area contributed by atoms with Crippen LogP contribution in [0.4, 0.5) is 0 Å². The largest absolute Gasteiger partial charge is 0.504 e. The van der Waals surface area contributed by atoms with Crippen molar-refractivity contribution in [1.82, 2.24) is 15.1 Å². The molecule has 0 saturated carbocycles. The summed E-state index contributed by atoms with van der Waals surface area (Å²) >= 11 is 1.63. The zero-order valence-electron chi connectivity index (χ0n) is 29.5. The fourth-order valence-corrected chi connectivity index (χ4v) is 11.7. The molecule has 7 heterocycles. The lowest BCUT2D eigenvalue weighted by Gasteiger charge is -2.62. The highest BCUT2D eigenvalue weighted by Gasteiger charge is 2.61. The lowest BCUT2D eigenvalue weighted by atomic mass is 9.72. The molecule has 51 heavy (non-hydrogen) atoms. The number of methoxy groups -OCH3 is 2. The Hall–Kier alpha value is -3.88. The van der Waals surface area contributed by atoms with Crippen molar-refractivity contribution >= 4 is 17.7 Å². The summed E-state index contributed by atoms with van der Waals surface area (Å²) in [5.41, 5.74) is 6.95. The topological polar surface area (TPSA) is 142 Å². The summed E-state index contributed by atoms with van der Waals surface area (Å²) in [5, 5.41) is 38.4. The predicted molar refractivity (Wildman–Crippen MR) is 188 cm³/mol. The Bertz CT molecular complexity index is 2010. The molecule has 7 atom stereocenters. The van der Waals surface area contributed by atoms with Crippen molar-refractivity contribution < 1.29 is 43.8 Å². The van der Waals surface area contributed by atoms with E-state index in [1.807, 2.05) is 20.9 Å². The van der Waals surface area contributed by atoms with Gasteiger partial charge in [-0.1, -0.05) is 6.07 Å². The van der Waals surface area contributed by atoms with Crippen LogP contribution in [0.2, 0.25) is 0 Å². The van der Waals surface area contributed by atoms with Crippen molar-refractivity contribution in [2.24, 2.45) is 0 Å². The number of nitrogens with zero attached hydrogens (tertiary/aromatic N) is 2. The second-order valence-electron chi connectivity index (χ2n) is 14.6. The molecular weight excluding hydrogens is 674 g/mol. The number of aliphatic hydroxyl groups excluding tert-OH is 1. The number of esters is 1. The molecule has 270 valence electrons. The van der Waals surface area contributed by atoms with E-state index in [4.69, 9.17) is 23.7 Å². The Morgan fingerprint density at radius 3 is 2.53 bits per heavy atom. The van der Waals surface area contributed by atoms with Crippen molar-refractivity contribution in [3.05, 3.63) is 68.3 Å². The monoisotopic (exact) mass is 717 g/mol. The minimum Gasteiger partial charge on any atom is -0.504 e. The summed E-state index contributed by atoms with van der Waals surface area (Å²) in [5.74, 6) is 2.03. The summed E-state index contributed by atoms with van der Waals surface area (Å²) < 4.78 is 30.0. The van der Waals surface area contributed by atoms with Gasteiger partial charge < -0.3 is 39.0 Å². The number of fused-ring (bicyclic) bond motifs is 9. The van der Waals surface area contributed by atoms with E-state index in [1.165, 1.54) is 7.11 Å². The molecule has 2 fully saturated rings. The van der Waals surface area contributed by atoms with Gasteiger partial charge in [-0.15, -0.1) is 11.8 Å². The first-order chi connectivity index (χ1) is 24.5. The van der Waals surface area contributed by atoms with Crippen molar-refractivity contribution in [2.75, 3.05) is 47.0 Å². The third-order valence-corrected chi connectivity index (χ3v) is 13.9. The van der Waals surface area contributed by atoms with Crippen molar-refractivity contribution in [3.8, 4) is 34.5 Å². The molecule has 4 N–H and O–H groups in total. The first-order valence-corrected chi connectivity index (χ1v) is 18.5. The number of thioether (sulfide) groups is 1. The minimum absolute atomic E-state index is 0.0233. The molecular formula is C38H43N3O9S. The van der Waals surface area contributed by atoms with Gasteiger partial charge in [0.15, 0.2) is 40.0 Å². The maximum absolute atomic E-state index is 14.6. The molecule has 0 radical (unpaired) electrons. The van der Waals surface area contributed by atoms with Gasteiger partial charge in [0.2, 0.25) is 6.79 Å². The van der Waals surface area contributed by atoms with Gasteiger partial charge in [0.05, 0.1) is 32.3 Å². The molecule has 3 aromatic carbocycles. The first kappa shape index (κ1) is 33.0. The molecule has 7 aliphatic rings. The average Bonchev–Trinajstić information content (AvgIpc) is 3.60. The number of aliphatic hydroxyl groups is 1. The molecule has 3 aromatic rings. The Kier molecular flexibility index (Phi) is 7.48. The molecule has 0 aromatic heterocycles. The van der Waals surface area contributed by atoms with Gasteiger partial charge in [0.1, 0.15) is 12.8 Å². The van der Waals surface area contributed by atoms with Gasteiger partial charge in [-0.3, -0.25) is 15.1 Å². The molecule has 0 amide bonds. The van der Waals surface area contributed by atoms with Crippen LogP contribution in [-0.2, 0) is 27.9 Å². The van der Waals surface area contributed by atoms with E-state index in [1.54, 1.807) is 31.0 Å². The van der Waals surface area contributed by atoms with Gasteiger partial charge in [0.25, 0.3) is 0 Å². The van der Waals surface area contributed by atoms with Crippen LogP contribution < -0.4 is 24.3 Å². The predicted octanol–water partition coefficient (Wildman–Crippen LogP) is 3.80. The minimum atomic E-state index is -1.24. The molecule has 5 unspecified atom stereocenters. The van der Waals surface area contributed by atoms with E-state index >= 15 is 0 Å². The van der Waals surface area contributed by atoms with Crippen LogP contribution in [0.15, 0.2) is 18.2 Å². The number of hydrogen-bond acceptors (Lipinski definition) is 13. The van der Waals surface area contributed by atoms with Crippen LogP contribution >= 0.6 is 11.8 Å². The smallest absolute Gasteiger partial charge is 0.331 e. The average molecular weight is 718 g/mol. The van der Waals surface area contributed by atoms with Crippen LogP contribution in [0.25, 0.3) is 0 Å². The van der Waals surface area contributed by atoms with Crippen molar-refractivity contribution in [1.29, 1.82) is 0 Å². The van der Waals surface area contributed by atoms with E-state index in [2.05, 4.69) is 28.1 Å². The maximum Gasteiger partial charge on any atom is 0.331 e. The van der Waals surface area contributed by atoms with E-state index in [0.29, 0.717) is 36.6 Å². The van der Waals surface area contributed by atoms with Crippen molar-refractivity contribution in [3.63, 3.8) is 0 Å². The summed E-state index contributed by atoms with van der Waals surface area (Å²) in [6.07, 6.45) is 0.214. The van der Waals surface area contributed by atoms with Gasteiger partial charge in [-0.2, -0.15) is 0 Å². The number of aromatic hydroxyl groups is 2. The number of benzene rings is 3. The molecule has 10 rings (SSSR count). The Balaban J connectivity index is 1.29. The molecule has 2 saturated heterocycles. The number of ether oxygens (including phenoxy) is 5. The van der Waals surface area contributed by atoms with Crippen LogP contribution in [0.5, 0.6) is 34.5 Å². The number of aryl methyl sites for hydroxylation is 1. The highest BCUT2D eigenvalue weighted by atomic mass is 32.2. The fraction of sp³-hybridized carbons (Fsp3) is 0.500. The van der Waals surface area contributed by atoms with E-state index in [-0.39, 0.29) is 59.8 Å². The van der Waals surface area contributed by atoms with Crippen LogP contribution in [-0.4, -0.2) is 96.4 Å². The van der Waals surface area contributed by atoms with Crippen molar-refractivity contribution in [2.45, 2.75) is 74.8 Å². The maximum atomic E-state index is 14.6. The lowest BCUT2D eigenvalue weighted by Crippen LogP contribution is -2.70. The number of piperazine rings is 1. The molecule has 12 nitrogen and oxygen atoms in total. The van der Waals surface area contributed by atoms with Gasteiger partial charge >= 0.3 is 5.97 Å². The molecule has 0 aliphatic carbocycles. The normalized spacial score (nSPS) is 30.6. The Labute approximate surface area is 300 Å².